The van der Waals surface area contributed by atoms with E-state index in [1.807, 2.05) is 0 Å². The quantitative estimate of drug-likeness (QED) is 0.861. The Morgan fingerprint density at radius 2 is 2.22 bits per heavy atom. The van der Waals surface area contributed by atoms with Crippen LogP contribution in [0.1, 0.15) is 22.6 Å². The van der Waals surface area contributed by atoms with Crippen molar-refractivity contribution in [3.05, 3.63) is 21.9 Å². The molecule has 1 aliphatic heterocycles. The normalized spacial score (nSPS) is 16.9. The topological polar surface area (TPSA) is 23.5 Å². The van der Waals surface area contributed by atoms with E-state index in [1.54, 1.807) is 11.3 Å². The molecular formula is C14H19NOS2. The van der Waals surface area contributed by atoms with Crippen LogP contribution >= 0.6 is 23.1 Å². The van der Waals surface area contributed by atoms with E-state index in [4.69, 9.17) is 5.11 Å². The molecule has 2 nitrogen and oxygen atoms in total. The lowest BCUT2D eigenvalue weighted by molar-refractivity contribution is 0.290. The zero-order valence-corrected chi connectivity index (χ0v) is 12.2. The predicted octanol–water partition coefficient (Wildman–Crippen LogP) is 2.42. The van der Waals surface area contributed by atoms with Crippen LogP contribution in [-0.4, -0.2) is 41.2 Å². The van der Waals surface area contributed by atoms with Crippen molar-refractivity contribution in [2.24, 2.45) is 0 Å². The minimum Gasteiger partial charge on any atom is -0.395 e. The summed E-state index contributed by atoms with van der Waals surface area (Å²) in [7, 11) is 0. The van der Waals surface area contributed by atoms with Crippen LogP contribution in [0.15, 0.2) is 12.1 Å². The molecule has 0 aliphatic carbocycles. The Kier molecular flexibility index (Phi) is 6.09. The van der Waals surface area contributed by atoms with Gasteiger partial charge in [-0.05, 0) is 30.9 Å². The van der Waals surface area contributed by atoms with Crippen molar-refractivity contribution in [2.75, 3.05) is 31.2 Å². The van der Waals surface area contributed by atoms with Crippen LogP contribution in [-0.2, 0) is 6.54 Å². The molecule has 1 N–H and O–H groups in total. The van der Waals surface area contributed by atoms with Crippen LogP contribution in [0.4, 0.5) is 0 Å². The van der Waals surface area contributed by atoms with Crippen molar-refractivity contribution < 1.29 is 5.11 Å². The first-order chi connectivity index (χ1) is 8.88. The summed E-state index contributed by atoms with van der Waals surface area (Å²) >= 11 is 3.84. The largest absolute Gasteiger partial charge is 0.395 e. The molecule has 0 radical (unpaired) electrons. The standard InChI is InChI=1S/C14H19NOS2/c16-9-2-1-4-13-5-6-14(18-13)12-15-7-3-10-17-11-8-15/h5-6,16H,2-3,7-12H2. The summed E-state index contributed by atoms with van der Waals surface area (Å²) in [5, 5.41) is 8.68. The van der Waals surface area contributed by atoms with Gasteiger partial charge in [0.15, 0.2) is 0 Å². The fraction of sp³-hybridized carbons (Fsp3) is 0.571. The molecule has 0 atom stereocenters. The third-order valence-corrected chi connectivity index (χ3v) is 4.84. The Morgan fingerprint density at radius 3 is 3.11 bits per heavy atom. The van der Waals surface area contributed by atoms with Gasteiger partial charge in [0.1, 0.15) is 0 Å². The average Bonchev–Trinajstić information content (AvgIpc) is 2.65. The molecule has 0 saturated carbocycles. The maximum Gasteiger partial charge on any atom is 0.0771 e. The number of nitrogens with zero attached hydrogens (tertiary/aromatic N) is 1. The van der Waals surface area contributed by atoms with Gasteiger partial charge in [-0.15, -0.1) is 11.3 Å². The van der Waals surface area contributed by atoms with E-state index in [1.165, 1.54) is 35.9 Å². The smallest absolute Gasteiger partial charge is 0.0771 e. The number of hydrogen-bond donors (Lipinski definition) is 1. The van der Waals surface area contributed by atoms with E-state index in [0.717, 1.165) is 11.4 Å². The van der Waals surface area contributed by atoms with Gasteiger partial charge in [-0.1, -0.05) is 11.8 Å². The summed E-state index contributed by atoms with van der Waals surface area (Å²) < 4.78 is 0. The first kappa shape index (κ1) is 14.0. The molecule has 0 spiro atoms. The Bertz CT molecular complexity index is 411. The molecule has 98 valence electrons. The lowest BCUT2D eigenvalue weighted by Crippen LogP contribution is -2.24. The van der Waals surface area contributed by atoms with Gasteiger partial charge in [0, 0.05) is 30.1 Å². The number of thioether (sulfide) groups is 1. The van der Waals surface area contributed by atoms with Crippen molar-refractivity contribution in [3.8, 4) is 11.8 Å². The van der Waals surface area contributed by atoms with Crippen LogP contribution in [0.25, 0.3) is 0 Å². The van der Waals surface area contributed by atoms with Gasteiger partial charge in [0.25, 0.3) is 0 Å². The molecular weight excluding hydrogens is 262 g/mol. The second-order valence-corrected chi connectivity index (χ2v) is 6.68. The molecule has 1 aromatic rings. The maximum atomic E-state index is 8.68. The first-order valence-corrected chi connectivity index (χ1v) is 8.34. The van der Waals surface area contributed by atoms with Gasteiger partial charge in [0.2, 0.25) is 0 Å². The second-order valence-electron chi connectivity index (χ2n) is 4.28. The van der Waals surface area contributed by atoms with E-state index in [0.29, 0.717) is 6.42 Å². The number of aliphatic hydroxyl groups is 1. The van der Waals surface area contributed by atoms with Gasteiger partial charge in [0.05, 0.1) is 11.5 Å². The van der Waals surface area contributed by atoms with E-state index < -0.39 is 0 Å². The molecule has 0 amide bonds. The van der Waals surface area contributed by atoms with Crippen molar-refractivity contribution in [3.63, 3.8) is 0 Å². The monoisotopic (exact) mass is 281 g/mol. The highest BCUT2D eigenvalue weighted by Gasteiger charge is 2.10. The van der Waals surface area contributed by atoms with Crippen LogP contribution in [0.3, 0.4) is 0 Å². The highest BCUT2D eigenvalue weighted by Crippen LogP contribution is 2.19. The van der Waals surface area contributed by atoms with Crippen LogP contribution in [0, 0.1) is 11.8 Å². The summed E-state index contributed by atoms with van der Waals surface area (Å²) in [5.41, 5.74) is 0. The van der Waals surface area contributed by atoms with Gasteiger partial charge >= 0.3 is 0 Å². The Labute approximate surface area is 117 Å². The minimum absolute atomic E-state index is 0.149. The summed E-state index contributed by atoms with van der Waals surface area (Å²) in [6.45, 7) is 3.63. The second kappa shape index (κ2) is 7.85. The summed E-state index contributed by atoms with van der Waals surface area (Å²) in [6.07, 6.45) is 1.87. The molecule has 1 aromatic heterocycles. The molecule has 4 heteroatoms. The van der Waals surface area contributed by atoms with E-state index >= 15 is 0 Å². The Balaban J connectivity index is 1.87. The van der Waals surface area contributed by atoms with Crippen molar-refractivity contribution in [1.29, 1.82) is 0 Å². The summed E-state index contributed by atoms with van der Waals surface area (Å²) in [6, 6.07) is 4.28. The SMILES string of the molecule is OCCC#Cc1ccc(CN2CCCSCC2)s1. The van der Waals surface area contributed by atoms with Crippen LogP contribution in [0.2, 0.25) is 0 Å². The fourth-order valence-corrected chi connectivity index (χ4v) is 3.76. The molecule has 18 heavy (non-hydrogen) atoms. The lowest BCUT2D eigenvalue weighted by atomic mass is 10.3. The molecule has 2 rings (SSSR count). The Hall–Kier alpha value is -0.470. The fourth-order valence-electron chi connectivity index (χ4n) is 1.91. The summed E-state index contributed by atoms with van der Waals surface area (Å²) in [4.78, 5) is 5.05. The number of hydrogen-bond acceptors (Lipinski definition) is 4. The van der Waals surface area contributed by atoms with Gasteiger partial charge < -0.3 is 5.11 Å². The van der Waals surface area contributed by atoms with Gasteiger partial charge in [-0.2, -0.15) is 11.8 Å². The molecule has 1 fully saturated rings. The van der Waals surface area contributed by atoms with E-state index in [9.17, 15) is 0 Å². The minimum atomic E-state index is 0.149. The predicted molar refractivity (Wildman–Crippen MR) is 80.1 cm³/mol. The van der Waals surface area contributed by atoms with Gasteiger partial charge in [-0.25, -0.2) is 0 Å². The van der Waals surface area contributed by atoms with Gasteiger partial charge in [-0.3, -0.25) is 4.90 Å². The zero-order valence-electron chi connectivity index (χ0n) is 10.5. The highest BCUT2D eigenvalue weighted by atomic mass is 32.2. The number of aliphatic hydroxyl groups excluding tert-OH is 1. The molecule has 2 heterocycles. The number of rotatable bonds is 3. The summed E-state index contributed by atoms with van der Waals surface area (Å²) in [5.74, 6) is 8.64. The van der Waals surface area contributed by atoms with Crippen LogP contribution < -0.4 is 0 Å². The third kappa shape index (κ3) is 4.66. The molecule has 0 bridgehead atoms. The number of thiophene rings is 1. The van der Waals surface area contributed by atoms with E-state index in [2.05, 4.69) is 40.6 Å². The molecule has 0 aromatic carbocycles. The average molecular weight is 281 g/mol. The van der Waals surface area contributed by atoms with Crippen LogP contribution in [0.5, 0.6) is 0 Å². The third-order valence-electron chi connectivity index (χ3n) is 2.80. The first-order valence-electron chi connectivity index (χ1n) is 6.37. The maximum absolute atomic E-state index is 8.68. The highest BCUT2D eigenvalue weighted by molar-refractivity contribution is 7.99. The van der Waals surface area contributed by atoms with Crippen molar-refractivity contribution in [1.82, 2.24) is 4.90 Å². The molecule has 0 unspecified atom stereocenters. The van der Waals surface area contributed by atoms with E-state index in [-0.39, 0.29) is 6.61 Å². The molecule has 1 aliphatic rings. The lowest BCUT2D eigenvalue weighted by Gasteiger charge is -2.17. The van der Waals surface area contributed by atoms with Crippen molar-refractivity contribution >= 4 is 23.1 Å². The Morgan fingerprint density at radius 1 is 1.28 bits per heavy atom. The zero-order chi connectivity index (χ0) is 12.6. The van der Waals surface area contributed by atoms with Crippen molar-refractivity contribution in [2.45, 2.75) is 19.4 Å². The molecule has 1 saturated heterocycles.